The van der Waals surface area contributed by atoms with Gasteiger partial charge in [-0.1, -0.05) is 158 Å². The van der Waals surface area contributed by atoms with Gasteiger partial charge in [0, 0.05) is 99.6 Å². The number of pyridine rings is 6. The van der Waals surface area contributed by atoms with Crippen LogP contribution in [0, 0.1) is 0 Å². The van der Waals surface area contributed by atoms with E-state index in [1.807, 2.05) is 49.2 Å². The van der Waals surface area contributed by atoms with Crippen LogP contribution < -0.4 is 0 Å². The predicted molar refractivity (Wildman–Crippen MR) is 318 cm³/mol. The maximum atomic E-state index is 5.36. The molecule has 0 radical (unpaired) electrons. The first kappa shape index (κ1) is 47.2. The Morgan fingerprint density at radius 3 is 0.731 bits per heavy atom. The summed E-state index contributed by atoms with van der Waals surface area (Å²) in [4.78, 5) is 28.7. The molecule has 0 aliphatic rings. The van der Waals surface area contributed by atoms with Crippen LogP contribution in [0.3, 0.4) is 0 Å². The summed E-state index contributed by atoms with van der Waals surface area (Å²) < 4.78 is 0. The fourth-order valence-corrected chi connectivity index (χ4v) is 10.2. The van der Waals surface area contributed by atoms with Crippen LogP contribution in [0.5, 0.6) is 0 Å². The first-order chi connectivity index (χ1) is 38.6. The lowest BCUT2D eigenvalue weighted by molar-refractivity contribution is 1.31. The lowest BCUT2D eigenvalue weighted by Crippen LogP contribution is -1.93. The van der Waals surface area contributed by atoms with Crippen LogP contribution in [0.15, 0.2) is 292 Å². The van der Waals surface area contributed by atoms with Crippen molar-refractivity contribution in [1.29, 1.82) is 0 Å². The molecule has 0 atom stereocenters. The van der Waals surface area contributed by atoms with Gasteiger partial charge in [0.05, 0.1) is 22.8 Å². The van der Waals surface area contributed by atoms with E-state index in [0.717, 1.165) is 134 Å². The van der Waals surface area contributed by atoms with E-state index in [4.69, 9.17) is 15.0 Å². The van der Waals surface area contributed by atoms with Gasteiger partial charge in [0.2, 0.25) is 0 Å². The van der Waals surface area contributed by atoms with E-state index in [-0.39, 0.29) is 0 Å². The highest BCUT2D eigenvalue weighted by molar-refractivity contribution is 5.85. The molecule has 0 fully saturated rings. The van der Waals surface area contributed by atoms with E-state index in [1.54, 1.807) is 18.6 Å². The highest BCUT2D eigenvalue weighted by Gasteiger charge is 2.16. The fraction of sp³-hybridized carbons (Fsp3) is 0. The molecule has 0 saturated carbocycles. The maximum Gasteiger partial charge on any atom is 0.0715 e. The second kappa shape index (κ2) is 21.4. The maximum absolute atomic E-state index is 5.36. The van der Waals surface area contributed by atoms with Crippen molar-refractivity contribution in [1.82, 2.24) is 29.9 Å². The Labute approximate surface area is 453 Å². The molecule has 0 aliphatic carbocycles. The van der Waals surface area contributed by atoms with Crippen molar-refractivity contribution >= 4 is 0 Å². The molecular weight excluding hydrogens is 949 g/mol. The Bertz CT molecular complexity index is 3780. The summed E-state index contributed by atoms with van der Waals surface area (Å²) in [5.74, 6) is 0. The summed E-state index contributed by atoms with van der Waals surface area (Å²) in [5.41, 5.74) is 24.8. The molecule has 0 amide bonds. The first-order valence-corrected chi connectivity index (χ1v) is 26.0. The van der Waals surface area contributed by atoms with Crippen LogP contribution in [0.4, 0.5) is 0 Å². The number of aromatic nitrogens is 6. The highest BCUT2D eigenvalue weighted by Crippen LogP contribution is 2.38. The minimum absolute atomic E-state index is 0.876. The zero-order valence-corrected chi connectivity index (χ0v) is 42.4. The van der Waals surface area contributed by atoms with Crippen molar-refractivity contribution in [3.05, 3.63) is 292 Å². The van der Waals surface area contributed by atoms with Gasteiger partial charge in [-0.3, -0.25) is 19.9 Å². The van der Waals surface area contributed by atoms with Crippen LogP contribution in [0.25, 0.3) is 134 Å². The van der Waals surface area contributed by atoms with E-state index in [9.17, 15) is 0 Å². The predicted octanol–water partition coefficient (Wildman–Crippen LogP) is 18.1. The second-order valence-electron chi connectivity index (χ2n) is 19.3. The monoisotopic (exact) mass is 996 g/mol. The standard InChI is InChI=1S/C72H48N6/c1-2-13-49(14-3-1)50-15-6-23-58(35-50)69-40-65(41-70(77-69)59-24-7-16-51(36-59)62-27-10-30-73-44-62)54-19-4-21-56(33-54)67-39-68(48-76-47-67)57-22-5-20-55(34-57)66-42-71(60-25-8-17-52(37-60)63-28-11-31-74-45-63)78-72(43-66)61-26-9-18-53(38-61)64-29-12-32-75-46-64/h1-48H. The number of hydrogen-bond acceptors (Lipinski definition) is 6. The molecule has 0 unspecified atom stereocenters. The molecule has 13 aromatic rings. The van der Waals surface area contributed by atoms with Gasteiger partial charge < -0.3 is 0 Å². The SMILES string of the molecule is c1ccc(-c2cccc(-c3cc(-c4cccc(-c5cncc(-c6cccc(-c7cc(-c8cccc(-c9cccnc9)c8)nc(-c8cccc(-c9cccnc9)c8)c7)c6)c5)c4)cc(-c4cccc(-c5cccnc5)c4)n3)c2)cc1. The van der Waals surface area contributed by atoms with E-state index in [1.165, 1.54) is 0 Å². The first-order valence-electron chi connectivity index (χ1n) is 26.0. The van der Waals surface area contributed by atoms with Gasteiger partial charge in [-0.2, -0.15) is 0 Å². The third-order valence-corrected chi connectivity index (χ3v) is 14.2. The molecule has 6 heterocycles. The molecule has 6 aromatic heterocycles. The lowest BCUT2D eigenvalue weighted by Gasteiger charge is -2.14. The molecule has 0 saturated heterocycles. The molecule has 0 spiro atoms. The van der Waals surface area contributed by atoms with Gasteiger partial charge in [-0.05, 0) is 146 Å². The smallest absolute Gasteiger partial charge is 0.0715 e. The Kier molecular flexibility index (Phi) is 12.9. The normalized spacial score (nSPS) is 11.1. The summed E-state index contributed by atoms with van der Waals surface area (Å²) in [6.45, 7) is 0. The topological polar surface area (TPSA) is 77.3 Å². The highest BCUT2D eigenvalue weighted by atomic mass is 14.7. The van der Waals surface area contributed by atoms with Crippen molar-refractivity contribution in [2.45, 2.75) is 0 Å². The van der Waals surface area contributed by atoms with Crippen molar-refractivity contribution in [3.8, 4) is 134 Å². The Morgan fingerprint density at radius 2 is 0.397 bits per heavy atom. The van der Waals surface area contributed by atoms with E-state index < -0.39 is 0 Å². The largest absolute Gasteiger partial charge is 0.264 e. The molecule has 7 aromatic carbocycles. The van der Waals surface area contributed by atoms with Gasteiger partial charge in [0.1, 0.15) is 0 Å². The van der Waals surface area contributed by atoms with Gasteiger partial charge in [0.15, 0.2) is 0 Å². The van der Waals surface area contributed by atoms with Crippen LogP contribution >= 0.6 is 0 Å². The molecule has 0 N–H and O–H groups in total. The van der Waals surface area contributed by atoms with Crippen molar-refractivity contribution in [2.75, 3.05) is 0 Å². The molecule has 6 nitrogen and oxygen atoms in total. The summed E-state index contributed by atoms with van der Waals surface area (Å²) in [5, 5.41) is 0. The van der Waals surface area contributed by atoms with E-state index in [2.05, 4.69) is 239 Å². The molecule has 366 valence electrons. The van der Waals surface area contributed by atoms with Crippen LogP contribution in [0.2, 0.25) is 0 Å². The van der Waals surface area contributed by atoms with Gasteiger partial charge in [0.25, 0.3) is 0 Å². The van der Waals surface area contributed by atoms with Gasteiger partial charge in [-0.15, -0.1) is 0 Å². The Balaban J connectivity index is 0.867. The number of nitrogens with zero attached hydrogens (tertiary/aromatic N) is 6. The van der Waals surface area contributed by atoms with E-state index in [0.29, 0.717) is 0 Å². The third-order valence-electron chi connectivity index (χ3n) is 14.2. The molecule has 78 heavy (non-hydrogen) atoms. The number of rotatable bonds is 12. The second-order valence-corrected chi connectivity index (χ2v) is 19.3. The number of benzene rings is 7. The van der Waals surface area contributed by atoms with Gasteiger partial charge >= 0.3 is 0 Å². The van der Waals surface area contributed by atoms with Crippen LogP contribution in [0.1, 0.15) is 0 Å². The third kappa shape index (κ3) is 10.2. The minimum atomic E-state index is 0.876. The zero-order valence-electron chi connectivity index (χ0n) is 42.4. The van der Waals surface area contributed by atoms with Gasteiger partial charge in [-0.25, -0.2) is 9.97 Å². The summed E-state index contributed by atoms with van der Waals surface area (Å²) in [7, 11) is 0. The lowest BCUT2D eigenvalue weighted by atomic mass is 9.94. The average Bonchev–Trinajstić information content (AvgIpc) is 3.55. The minimum Gasteiger partial charge on any atom is -0.264 e. The average molecular weight is 997 g/mol. The summed E-state index contributed by atoms with van der Waals surface area (Å²) in [6.07, 6.45) is 15.0. The quantitative estimate of drug-likeness (QED) is 0.121. The fourth-order valence-electron chi connectivity index (χ4n) is 10.2. The summed E-state index contributed by atoms with van der Waals surface area (Å²) >= 11 is 0. The van der Waals surface area contributed by atoms with Crippen LogP contribution in [-0.2, 0) is 0 Å². The molecular formula is C72H48N6. The van der Waals surface area contributed by atoms with Crippen molar-refractivity contribution < 1.29 is 0 Å². The molecule has 13 rings (SSSR count). The van der Waals surface area contributed by atoms with Crippen molar-refractivity contribution in [2.24, 2.45) is 0 Å². The number of hydrogen-bond donors (Lipinski definition) is 0. The summed E-state index contributed by atoms with van der Waals surface area (Å²) in [6, 6.07) is 85.5. The Hall–Kier alpha value is -10.6. The Morgan fingerprint density at radius 1 is 0.154 bits per heavy atom. The van der Waals surface area contributed by atoms with Crippen molar-refractivity contribution in [3.63, 3.8) is 0 Å². The van der Waals surface area contributed by atoms with Crippen LogP contribution in [-0.4, -0.2) is 29.9 Å². The van der Waals surface area contributed by atoms with E-state index >= 15 is 0 Å². The zero-order chi connectivity index (χ0) is 52.0. The molecule has 0 bridgehead atoms. The molecule has 6 heteroatoms. The molecule has 0 aliphatic heterocycles.